The zero-order valence-corrected chi connectivity index (χ0v) is 27.9. The van der Waals surface area contributed by atoms with E-state index in [1.165, 1.54) is 59.8 Å². The number of aliphatic hydroxyl groups excluding tert-OH is 1. The summed E-state index contributed by atoms with van der Waals surface area (Å²) in [4.78, 5) is 15.7. The Morgan fingerprint density at radius 1 is 1.11 bits per heavy atom. The van der Waals surface area contributed by atoms with E-state index in [-0.39, 0.29) is 47.9 Å². The van der Waals surface area contributed by atoms with Gasteiger partial charge in [-0.15, -0.1) is 0 Å². The molecule has 0 fully saturated rings. The van der Waals surface area contributed by atoms with Crippen LogP contribution in [0.2, 0.25) is 0 Å². The number of rotatable bonds is 9. The van der Waals surface area contributed by atoms with Gasteiger partial charge in [0.05, 0.1) is 48.7 Å². The third-order valence-corrected chi connectivity index (χ3v) is 10.4. The molecule has 2 aromatic carbocycles. The second-order valence-corrected chi connectivity index (χ2v) is 15.1. The fraction of sp³-hybridized carbons (Fsp3) is 0.567. The van der Waals surface area contributed by atoms with Crippen molar-refractivity contribution in [3.05, 3.63) is 48.0 Å². The van der Waals surface area contributed by atoms with E-state index in [0.29, 0.717) is 24.5 Å². The van der Waals surface area contributed by atoms with Crippen LogP contribution >= 0.6 is 0 Å². The number of aliphatic hydroxyl groups is 1. The lowest BCUT2D eigenvalue weighted by Crippen LogP contribution is -2.47. The van der Waals surface area contributed by atoms with E-state index < -0.39 is 38.1 Å². The van der Waals surface area contributed by atoms with Gasteiger partial charge in [-0.05, 0) is 75.6 Å². The van der Waals surface area contributed by atoms with Gasteiger partial charge in [0.2, 0.25) is 10.0 Å². The molecule has 2 aromatic rings. The predicted molar refractivity (Wildman–Crippen MR) is 168 cm³/mol. The van der Waals surface area contributed by atoms with Gasteiger partial charge in [-0.25, -0.2) is 21.1 Å². The Balaban J connectivity index is 2.02. The summed E-state index contributed by atoms with van der Waals surface area (Å²) in [6.07, 6.45) is 2.53. The summed E-state index contributed by atoms with van der Waals surface area (Å²) < 4.78 is 71.9. The first-order valence-electron chi connectivity index (χ1n) is 14.6. The van der Waals surface area contributed by atoms with E-state index in [9.17, 15) is 26.7 Å². The van der Waals surface area contributed by atoms with E-state index in [2.05, 4.69) is 4.72 Å². The van der Waals surface area contributed by atoms with Crippen molar-refractivity contribution in [2.24, 2.45) is 5.92 Å². The summed E-state index contributed by atoms with van der Waals surface area (Å²) >= 11 is 0. The summed E-state index contributed by atoms with van der Waals surface area (Å²) in [5, 5.41) is 10.1. The molecule has 44 heavy (non-hydrogen) atoms. The molecule has 0 aromatic heterocycles. The van der Waals surface area contributed by atoms with Gasteiger partial charge >= 0.3 is 0 Å². The topological polar surface area (TPSA) is 152 Å². The Morgan fingerprint density at radius 2 is 1.80 bits per heavy atom. The SMILES string of the molecule is COc1ccc(S(=O)(=O)Nc2ccc3c(c2)C(=O)N([C@@H](C)CO)C[C@@H](C)[C@H](CN(C)S(C)(=O)=O)OCCCC[C@@H](C)O3)cc1. The molecular formula is C30H45N3O9S2. The Kier molecular flexibility index (Phi) is 12.4. The van der Waals surface area contributed by atoms with Gasteiger partial charge in [0.1, 0.15) is 11.5 Å². The lowest BCUT2D eigenvalue weighted by molar-refractivity contribution is -0.00828. The number of nitrogens with one attached hydrogen (secondary N) is 1. The van der Waals surface area contributed by atoms with Gasteiger partial charge in [-0.1, -0.05) is 6.92 Å². The zero-order chi connectivity index (χ0) is 32.7. The van der Waals surface area contributed by atoms with Crippen molar-refractivity contribution in [3.63, 3.8) is 0 Å². The minimum atomic E-state index is -4.00. The molecule has 1 aliphatic heterocycles. The Morgan fingerprint density at radius 3 is 2.41 bits per heavy atom. The van der Waals surface area contributed by atoms with Crippen molar-refractivity contribution >= 4 is 31.6 Å². The maximum Gasteiger partial charge on any atom is 0.261 e. The van der Waals surface area contributed by atoms with Crippen LogP contribution in [0.1, 0.15) is 50.4 Å². The van der Waals surface area contributed by atoms with E-state index in [1.807, 2.05) is 13.8 Å². The fourth-order valence-corrected chi connectivity index (χ4v) is 6.27. The first-order chi connectivity index (χ1) is 20.7. The number of anilines is 1. The second kappa shape index (κ2) is 15.4. The molecule has 1 amide bonds. The summed E-state index contributed by atoms with van der Waals surface area (Å²) in [7, 11) is -4.49. The quantitative estimate of drug-likeness (QED) is 0.415. The second-order valence-electron chi connectivity index (χ2n) is 11.3. The summed E-state index contributed by atoms with van der Waals surface area (Å²) in [6, 6.07) is 9.84. The molecule has 0 radical (unpaired) electrons. The molecule has 0 saturated carbocycles. The maximum absolute atomic E-state index is 14.2. The van der Waals surface area contributed by atoms with E-state index >= 15 is 0 Å². The number of carbonyl (C=O) groups excluding carboxylic acids is 1. The standard InChI is InChI=1S/C30H45N3O9S2/c1-21-18-33(22(2)20-34)30(35)27-17-24(31-44(38,39)26-13-11-25(40-5)12-14-26)10-15-28(27)42-23(3)9-7-8-16-41-29(21)19-32(4)43(6,36)37/h10-15,17,21-23,29,31,34H,7-9,16,18-20H2,1-6H3/t21-,22+,23-,29+/m1/s1. The van der Waals surface area contributed by atoms with Crippen molar-refractivity contribution in [2.75, 3.05) is 51.4 Å². The Hall–Kier alpha value is -2.91. The highest BCUT2D eigenvalue weighted by molar-refractivity contribution is 7.92. The maximum atomic E-state index is 14.2. The molecule has 0 saturated heterocycles. The third-order valence-electron chi connectivity index (χ3n) is 7.68. The Bertz CT molecular complexity index is 1470. The van der Waals surface area contributed by atoms with Gasteiger partial charge < -0.3 is 24.2 Å². The molecule has 1 aliphatic rings. The molecule has 0 bridgehead atoms. The number of nitrogens with zero attached hydrogens (tertiary/aromatic N) is 2. The van der Waals surface area contributed by atoms with Crippen LogP contribution in [0, 0.1) is 5.92 Å². The molecule has 4 atom stereocenters. The lowest BCUT2D eigenvalue weighted by atomic mass is 10.0. The van der Waals surface area contributed by atoms with Crippen LogP contribution in [0.4, 0.5) is 5.69 Å². The molecule has 0 aliphatic carbocycles. The van der Waals surface area contributed by atoms with E-state index in [4.69, 9.17) is 14.2 Å². The minimum Gasteiger partial charge on any atom is -0.497 e. The summed E-state index contributed by atoms with van der Waals surface area (Å²) in [5.41, 5.74) is 0.285. The summed E-state index contributed by atoms with van der Waals surface area (Å²) in [6.45, 7) is 5.78. The molecule has 246 valence electrons. The number of hydrogen-bond acceptors (Lipinski definition) is 9. The average Bonchev–Trinajstić information content (AvgIpc) is 2.97. The highest BCUT2D eigenvalue weighted by Gasteiger charge is 2.31. The van der Waals surface area contributed by atoms with Crippen LogP contribution in [0.15, 0.2) is 47.4 Å². The molecule has 1 heterocycles. The number of hydrogen-bond donors (Lipinski definition) is 2. The van der Waals surface area contributed by atoms with Crippen molar-refractivity contribution < 1.29 is 40.9 Å². The number of sulfonamides is 2. The van der Waals surface area contributed by atoms with Gasteiger partial charge in [0.15, 0.2) is 0 Å². The predicted octanol–water partition coefficient (Wildman–Crippen LogP) is 3.18. The van der Waals surface area contributed by atoms with Crippen molar-refractivity contribution in [2.45, 2.75) is 63.2 Å². The van der Waals surface area contributed by atoms with Crippen LogP contribution in [0.3, 0.4) is 0 Å². The van der Waals surface area contributed by atoms with Crippen molar-refractivity contribution in [3.8, 4) is 11.5 Å². The molecule has 0 unspecified atom stereocenters. The van der Waals surface area contributed by atoms with Crippen LogP contribution in [0.25, 0.3) is 0 Å². The summed E-state index contributed by atoms with van der Waals surface area (Å²) in [5.74, 6) is 0.00733. The molecule has 12 nitrogen and oxygen atoms in total. The third kappa shape index (κ3) is 9.54. The van der Waals surface area contributed by atoms with Gasteiger partial charge in [0, 0.05) is 38.3 Å². The number of benzene rings is 2. The number of ether oxygens (including phenoxy) is 3. The smallest absolute Gasteiger partial charge is 0.261 e. The van der Waals surface area contributed by atoms with E-state index in [0.717, 1.165) is 19.1 Å². The van der Waals surface area contributed by atoms with E-state index in [1.54, 1.807) is 13.0 Å². The largest absolute Gasteiger partial charge is 0.497 e. The lowest BCUT2D eigenvalue weighted by Gasteiger charge is -2.35. The molecule has 2 N–H and O–H groups in total. The van der Waals surface area contributed by atoms with Crippen LogP contribution in [0.5, 0.6) is 11.5 Å². The van der Waals surface area contributed by atoms with Crippen LogP contribution in [-0.2, 0) is 24.8 Å². The van der Waals surface area contributed by atoms with Crippen molar-refractivity contribution in [1.82, 2.24) is 9.21 Å². The number of likely N-dealkylation sites (N-methyl/N-ethyl adjacent to an activating group) is 1. The molecule has 3 rings (SSSR count). The normalized spacial score (nSPS) is 21.6. The highest BCUT2D eigenvalue weighted by atomic mass is 32.2. The number of carbonyl (C=O) groups is 1. The first kappa shape index (κ1) is 35.6. The zero-order valence-electron chi connectivity index (χ0n) is 26.2. The average molecular weight is 656 g/mol. The molecular weight excluding hydrogens is 610 g/mol. The van der Waals surface area contributed by atoms with Gasteiger partial charge in [-0.3, -0.25) is 9.52 Å². The van der Waals surface area contributed by atoms with Gasteiger partial charge in [0.25, 0.3) is 15.9 Å². The Labute approximate surface area is 261 Å². The van der Waals surface area contributed by atoms with Crippen LogP contribution in [-0.4, -0.2) is 102 Å². The fourth-order valence-electron chi connectivity index (χ4n) is 4.81. The first-order valence-corrected chi connectivity index (χ1v) is 17.9. The number of methoxy groups -OCH3 is 1. The number of fused-ring (bicyclic) bond motifs is 1. The monoisotopic (exact) mass is 655 g/mol. The minimum absolute atomic E-state index is 0.0176. The molecule has 0 spiro atoms. The molecule has 14 heteroatoms. The van der Waals surface area contributed by atoms with Crippen LogP contribution < -0.4 is 14.2 Å². The van der Waals surface area contributed by atoms with Gasteiger partial charge in [-0.2, -0.15) is 0 Å². The number of amides is 1. The van der Waals surface area contributed by atoms with Crippen molar-refractivity contribution in [1.29, 1.82) is 0 Å². The highest BCUT2D eigenvalue weighted by Crippen LogP contribution is 2.30.